The van der Waals surface area contributed by atoms with Crippen LogP contribution < -0.4 is 5.32 Å². The van der Waals surface area contributed by atoms with Crippen LogP contribution >= 0.6 is 0 Å². The van der Waals surface area contributed by atoms with Gasteiger partial charge in [0.05, 0.1) is 12.1 Å². The number of hydrogen-bond acceptors (Lipinski definition) is 3. The zero-order valence-corrected chi connectivity index (χ0v) is 14.5. The fraction of sp³-hybridized carbons (Fsp3) is 0.143. The van der Waals surface area contributed by atoms with Crippen molar-refractivity contribution < 1.29 is 23.1 Å². The molecule has 0 aliphatic carbocycles. The van der Waals surface area contributed by atoms with E-state index in [1.807, 2.05) is 42.5 Å². The molecule has 6 heteroatoms. The number of benzene rings is 3. The highest BCUT2D eigenvalue weighted by atomic mass is 19.1. The van der Waals surface area contributed by atoms with Gasteiger partial charge in [0.15, 0.2) is 6.10 Å². The van der Waals surface area contributed by atoms with Crippen LogP contribution in [0.25, 0.3) is 10.8 Å². The summed E-state index contributed by atoms with van der Waals surface area (Å²) in [6, 6.07) is 16.0. The van der Waals surface area contributed by atoms with Crippen molar-refractivity contribution in [3.8, 4) is 0 Å². The Morgan fingerprint density at radius 3 is 2.52 bits per heavy atom. The molecule has 0 spiro atoms. The van der Waals surface area contributed by atoms with E-state index in [9.17, 15) is 18.4 Å². The summed E-state index contributed by atoms with van der Waals surface area (Å²) in [5.41, 5.74) is 0.444. The molecule has 4 nitrogen and oxygen atoms in total. The number of amides is 1. The molecule has 3 rings (SSSR count). The Morgan fingerprint density at radius 2 is 1.74 bits per heavy atom. The summed E-state index contributed by atoms with van der Waals surface area (Å²) in [7, 11) is 0. The molecule has 0 aliphatic rings. The third-order valence-electron chi connectivity index (χ3n) is 4.03. The molecule has 1 atom stereocenters. The summed E-state index contributed by atoms with van der Waals surface area (Å²) in [5.74, 6) is -2.80. The Hall–Kier alpha value is -3.28. The Bertz CT molecular complexity index is 1000. The van der Waals surface area contributed by atoms with Crippen molar-refractivity contribution in [3.63, 3.8) is 0 Å². The Balaban J connectivity index is 1.60. The quantitative estimate of drug-likeness (QED) is 0.685. The second-order valence-corrected chi connectivity index (χ2v) is 6.10. The first-order chi connectivity index (χ1) is 12.9. The highest BCUT2D eigenvalue weighted by Crippen LogP contribution is 2.17. The second-order valence-electron chi connectivity index (χ2n) is 6.10. The van der Waals surface area contributed by atoms with Crippen molar-refractivity contribution in [1.82, 2.24) is 0 Å². The summed E-state index contributed by atoms with van der Waals surface area (Å²) in [6.45, 7) is 1.37. The first-order valence-corrected chi connectivity index (χ1v) is 8.35. The van der Waals surface area contributed by atoms with Crippen molar-refractivity contribution in [3.05, 3.63) is 77.9 Å². The van der Waals surface area contributed by atoms with E-state index in [4.69, 9.17) is 4.74 Å². The van der Waals surface area contributed by atoms with E-state index >= 15 is 0 Å². The van der Waals surface area contributed by atoms with Gasteiger partial charge in [-0.25, -0.2) is 8.78 Å². The minimum Gasteiger partial charge on any atom is -0.452 e. The van der Waals surface area contributed by atoms with E-state index < -0.39 is 29.6 Å². The van der Waals surface area contributed by atoms with E-state index in [1.165, 1.54) is 6.92 Å². The molecule has 0 bridgehead atoms. The van der Waals surface area contributed by atoms with Gasteiger partial charge in [0.25, 0.3) is 5.91 Å². The fourth-order valence-corrected chi connectivity index (χ4v) is 2.64. The van der Waals surface area contributed by atoms with E-state index in [0.29, 0.717) is 0 Å². The number of halogens is 2. The minimum absolute atomic E-state index is 0.00319. The number of ether oxygens (including phenoxy) is 1. The van der Waals surface area contributed by atoms with Gasteiger partial charge in [-0.1, -0.05) is 42.5 Å². The monoisotopic (exact) mass is 369 g/mol. The zero-order chi connectivity index (χ0) is 19.4. The van der Waals surface area contributed by atoms with Crippen LogP contribution in [0.15, 0.2) is 60.7 Å². The van der Waals surface area contributed by atoms with Crippen LogP contribution in [0.5, 0.6) is 0 Å². The molecular weight excluding hydrogens is 352 g/mol. The summed E-state index contributed by atoms with van der Waals surface area (Å²) in [5, 5.41) is 4.26. The van der Waals surface area contributed by atoms with Gasteiger partial charge in [-0.3, -0.25) is 9.59 Å². The van der Waals surface area contributed by atoms with Crippen LogP contribution in [0.2, 0.25) is 0 Å². The standard InChI is InChI=1S/C21H17F2NO3/c1-13(21(26)24-19-12-17(22)8-9-18(19)23)27-20(25)11-14-6-7-15-4-2-3-5-16(15)10-14/h2-10,12-13H,11H2,1H3,(H,24,26)/t13-/m0/s1. The Labute approximate surface area is 154 Å². The first-order valence-electron chi connectivity index (χ1n) is 8.35. The highest BCUT2D eigenvalue weighted by molar-refractivity contribution is 5.95. The molecule has 0 unspecified atom stereocenters. The van der Waals surface area contributed by atoms with Crippen molar-refractivity contribution in [2.45, 2.75) is 19.4 Å². The van der Waals surface area contributed by atoms with Crippen LogP contribution in [0.1, 0.15) is 12.5 Å². The molecule has 3 aromatic rings. The molecule has 3 aromatic carbocycles. The molecule has 0 heterocycles. The largest absolute Gasteiger partial charge is 0.452 e. The molecule has 0 aliphatic heterocycles. The number of esters is 1. The van der Waals surface area contributed by atoms with Gasteiger partial charge in [0.2, 0.25) is 0 Å². The summed E-state index contributed by atoms with van der Waals surface area (Å²) in [6.07, 6.45) is -1.16. The van der Waals surface area contributed by atoms with Gasteiger partial charge in [-0.05, 0) is 35.4 Å². The number of hydrogen-bond donors (Lipinski definition) is 1. The average Bonchev–Trinajstić information content (AvgIpc) is 2.64. The van der Waals surface area contributed by atoms with Gasteiger partial charge in [-0.15, -0.1) is 0 Å². The third kappa shape index (κ3) is 4.67. The normalized spacial score (nSPS) is 11.8. The first kappa shape index (κ1) is 18.5. The number of carbonyl (C=O) groups is 2. The van der Waals surface area contributed by atoms with Crippen molar-refractivity contribution >= 4 is 28.3 Å². The van der Waals surface area contributed by atoms with E-state index in [-0.39, 0.29) is 12.1 Å². The maximum Gasteiger partial charge on any atom is 0.311 e. The Morgan fingerprint density at radius 1 is 1.00 bits per heavy atom. The van der Waals surface area contributed by atoms with Crippen LogP contribution in [0.4, 0.5) is 14.5 Å². The number of carbonyl (C=O) groups excluding carboxylic acids is 2. The van der Waals surface area contributed by atoms with Crippen LogP contribution in [-0.4, -0.2) is 18.0 Å². The summed E-state index contributed by atoms with van der Waals surface area (Å²) in [4.78, 5) is 24.2. The lowest BCUT2D eigenvalue weighted by atomic mass is 10.1. The smallest absolute Gasteiger partial charge is 0.311 e. The molecule has 27 heavy (non-hydrogen) atoms. The van der Waals surface area contributed by atoms with Crippen molar-refractivity contribution in [2.75, 3.05) is 5.32 Å². The van der Waals surface area contributed by atoms with E-state index in [1.54, 1.807) is 0 Å². The SMILES string of the molecule is C[C@H](OC(=O)Cc1ccc2ccccc2c1)C(=O)Nc1cc(F)ccc1F. The third-order valence-corrected chi connectivity index (χ3v) is 4.03. The Kier molecular flexibility index (Phi) is 5.45. The number of rotatable bonds is 5. The van der Waals surface area contributed by atoms with Crippen molar-refractivity contribution in [1.29, 1.82) is 0 Å². The topological polar surface area (TPSA) is 55.4 Å². The van der Waals surface area contributed by atoms with Crippen LogP contribution in [-0.2, 0) is 20.7 Å². The zero-order valence-electron chi connectivity index (χ0n) is 14.5. The lowest BCUT2D eigenvalue weighted by molar-refractivity contribution is -0.152. The van der Waals surface area contributed by atoms with Gasteiger partial charge < -0.3 is 10.1 Å². The number of fused-ring (bicyclic) bond motifs is 1. The van der Waals surface area contributed by atoms with Crippen molar-refractivity contribution in [2.24, 2.45) is 0 Å². The highest BCUT2D eigenvalue weighted by Gasteiger charge is 2.19. The van der Waals surface area contributed by atoms with Crippen LogP contribution in [0.3, 0.4) is 0 Å². The molecule has 0 aromatic heterocycles. The van der Waals surface area contributed by atoms with E-state index in [2.05, 4.69) is 5.32 Å². The lowest BCUT2D eigenvalue weighted by Gasteiger charge is -2.14. The van der Waals surface area contributed by atoms with Crippen LogP contribution in [0, 0.1) is 11.6 Å². The number of nitrogens with one attached hydrogen (secondary N) is 1. The fourth-order valence-electron chi connectivity index (χ4n) is 2.64. The maximum atomic E-state index is 13.6. The molecule has 1 N–H and O–H groups in total. The van der Waals surface area contributed by atoms with Gasteiger partial charge in [0.1, 0.15) is 11.6 Å². The molecular formula is C21H17F2NO3. The predicted octanol–water partition coefficient (Wildman–Crippen LogP) is 4.23. The van der Waals surface area contributed by atoms with E-state index in [0.717, 1.165) is 34.5 Å². The molecule has 0 saturated heterocycles. The molecule has 0 saturated carbocycles. The second kappa shape index (κ2) is 7.95. The predicted molar refractivity (Wildman–Crippen MR) is 98.2 cm³/mol. The molecule has 0 fully saturated rings. The van der Waals surface area contributed by atoms with Gasteiger partial charge in [-0.2, -0.15) is 0 Å². The summed E-state index contributed by atoms with van der Waals surface area (Å²) >= 11 is 0. The lowest BCUT2D eigenvalue weighted by Crippen LogP contribution is -2.30. The number of anilines is 1. The molecule has 138 valence electrons. The minimum atomic E-state index is -1.15. The molecule has 0 radical (unpaired) electrons. The summed E-state index contributed by atoms with van der Waals surface area (Å²) < 4.78 is 31.8. The average molecular weight is 369 g/mol. The van der Waals surface area contributed by atoms with Gasteiger partial charge in [0, 0.05) is 6.07 Å². The molecule has 1 amide bonds. The maximum absolute atomic E-state index is 13.6. The van der Waals surface area contributed by atoms with Gasteiger partial charge >= 0.3 is 5.97 Å².